The van der Waals surface area contributed by atoms with Crippen molar-refractivity contribution in [3.05, 3.63) is 0 Å². The number of hydrogen-bond donors (Lipinski definition) is 2. The molecule has 1 amide bonds. The SMILES string of the molecule is CCC(O)C1CC(NCC2CCC2)CN(C(=O)C(C)C)C1. The lowest BCUT2D eigenvalue weighted by Crippen LogP contribution is -2.55. The standard InChI is InChI=1S/C17H32N2O2/c1-4-16(20)14-8-15(18-9-13-6-5-7-13)11-19(10-14)17(21)12(2)3/h12-16,18,20H,4-11H2,1-3H3. The van der Waals surface area contributed by atoms with Crippen molar-refractivity contribution >= 4 is 5.91 Å². The summed E-state index contributed by atoms with van der Waals surface area (Å²) in [6.07, 6.45) is 5.52. The molecule has 1 saturated carbocycles. The molecule has 0 bridgehead atoms. The zero-order chi connectivity index (χ0) is 15.4. The zero-order valence-electron chi connectivity index (χ0n) is 13.8. The van der Waals surface area contributed by atoms with E-state index < -0.39 is 0 Å². The van der Waals surface area contributed by atoms with Gasteiger partial charge in [0.25, 0.3) is 0 Å². The lowest BCUT2D eigenvalue weighted by Gasteiger charge is -2.41. The van der Waals surface area contributed by atoms with Crippen LogP contribution in [0.5, 0.6) is 0 Å². The van der Waals surface area contributed by atoms with Crippen molar-refractivity contribution in [1.29, 1.82) is 0 Å². The molecule has 2 rings (SSSR count). The Morgan fingerprint density at radius 3 is 2.57 bits per heavy atom. The molecule has 2 fully saturated rings. The van der Waals surface area contributed by atoms with E-state index in [0.29, 0.717) is 12.6 Å². The molecule has 2 aliphatic rings. The summed E-state index contributed by atoms with van der Waals surface area (Å²) in [5.74, 6) is 1.30. The first-order valence-electron chi connectivity index (χ1n) is 8.71. The molecule has 1 heterocycles. The van der Waals surface area contributed by atoms with E-state index in [4.69, 9.17) is 0 Å². The molecule has 122 valence electrons. The van der Waals surface area contributed by atoms with Crippen LogP contribution in [0, 0.1) is 17.8 Å². The average molecular weight is 296 g/mol. The van der Waals surface area contributed by atoms with E-state index in [1.807, 2.05) is 25.7 Å². The third kappa shape index (κ3) is 4.43. The van der Waals surface area contributed by atoms with Gasteiger partial charge in [-0.2, -0.15) is 0 Å². The Balaban J connectivity index is 1.93. The molecule has 4 nitrogen and oxygen atoms in total. The number of likely N-dealkylation sites (tertiary alicyclic amines) is 1. The Kier molecular flexibility index (Phi) is 6.06. The highest BCUT2D eigenvalue weighted by Crippen LogP contribution is 2.27. The minimum absolute atomic E-state index is 0.0369. The van der Waals surface area contributed by atoms with E-state index in [2.05, 4.69) is 5.32 Å². The average Bonchev–Trinajstić information content (AvgIpc) is 2.43. The summed E-state index contributed by atoms with van der Waals surface area (Å²) in [7, 11) is 0. The van der Waals surface area contributed by atoms with Gasteiger partial charge in [-0.3, -0.25) is 4.79 Å². The van der Waals surface area contributed by atoms with Crippen LogP contribution in [0.4, 0.5) is 0 Å². The van der Waals surface area contributed by atoms with Gasteiger partial charge in [-0.25, -0.2) is 0 Å². The largest absolute Gasteiger partial charge is 0.393 e. The van der Waals surface area contributed by atoms with Gasteiger partial charge in [0, 0.05) is 31.0 Å². The summed E-state index contributed by atoms with van der Waals surface area (Å²) in [6, 6.07) is 0.341. The maximum Gasteiger partial charge on any atom is 0.225 e. The smallest absolute Gasteiger partial charge is 0.225 e. The van der Waals surface area contributed by atoms with Gasteiger partial charge in [0.1, 0.15) is 0 Å². The Labute approximate surface area is 129 Å². The van der Waals surface area contributed by atoms with Gasteiger partial charge in [-0.05, 0) is 38.1 Å². The van der Waals surface area contributed by atoms with E-state index in [-0.39, 0.29) is 23.8 Å². The summed E-state index contributed by atoms with van der Waals surface area (Å²) in [6.45, 7) is 8.52. The molecule has 0 radical (unpaired) electrons. The summed E-state index contributed by atoms with van der Waals surface area (Å²) in [4.78, 5) is 14.3. The monoisotopic (exact) mass is 296 g/mol. The first kappa shape index (κ1) is 16.8. The van der Waals surface area contributed by atoms with Crippen molar-refractivity contribution in [1.82, 2.24) is 10.2 Å². The predicted octanol–water partition coefficient (Wildman–Crippen LogP) is 2.02. The Hall–Kier alpha value is -0.610. The second kappa shape index (κ2) is 7.59. The number of aliphatic hydroxyl groups is 1. The number of nitrogens with zero attached hydrogens (tertiary/aromatic N) is 1. The molecule has 0 aromatic heterocycles. The molecular formula is C17H32N2O2. The zero-order valence-corrected chi connectivity index (χ0v) is 13.8. The van der Waals surface area contributed by atoms with Crippen molar-refractivity contribution in [2.24, 2.45) is 17.8 Å². The van der Waals surface area contributed by atoms with Gasteiger partial charge in [-0.15, -0.1) is 0 Å². The summed E-state index contributed by atoms with van der Waals surface area (Å²) in [5.41, 5.74) is 0. The van der Waals surface area contributed by atoms with Gasteiger partial charge in [0.15, 0.2) is 0 Å². The number of hydrogen-bond acceptors (Lipinski definition) is 3. The number of aliphatic hydroxyl groups excluding tert-OH is 1. The van der Waals surface area contributed by atoms with Crippen LogP contribution in [0.1, 0.15) is 52.9 Å². The van der Waals surface area contributed by atoms with Crippen LogP contribution in [0.25, 0.3) is 0 Å². The van der Waals surface area contributed by atoms with Crippen LogP contribution in [0.15, 0.2) is 0 Å². The summed E-state index contributed by atoms with van der Waals surface area (Å²) < 4.78 is 0. The van der Waals surface area contributed by atoms with Crippen molar-refractivity contribution in [2.75, 3.05) is 19.6 Å². The molecule has 3 atom stereocenters. The fourth-order valence-corrected chi connectivity index (χ4v) is 3.47. The van der Waals surface area contributed by atoms with Crippen LogP contribution in [0.3, 0.4) is 0 Å². The number of piperidine rings is 1. The first-order valence-corrected chi connectivity index (χ1v) is 8.71. The normalized spacial score (nSPS) is 28.5. The van der Waals surface area contributed by atoms with E-state index in [1.165, 1.54) is 19.3 Å². The van der Waals surface area contributed by atoms with Gasteiger partial charge in [0.2, 0.25) is 5.91 Å². The molecule has 1 aliphatic carbocycles. The fourth-order valence-electron chi connectivity index (χ4n) is 3.47. The van der Waals surface area contributed by atoms with Gasteiger partial charge >= 0.3 is 0 Å². The first-order chi connectivity index (χ1) is 10.0. The predicted molar refractivity (Wildman–Crippen MR) is 85.0 cm³/mol. The van der Waals surface area contributed by atoms with Gasteiger partial charge in [0.05, 0.1) is 6.10 Å². The third-order valence-electron chi connectivity index (χ3n) is 5.17. The third-order valence-corrected chi connectivity index (χ3v) is 5.17. The van der Waals surface area contributed by atoms with Crippen molar-refractivity contribution < 1.29 is 9.90 Å². The lowest BCUT2D eigenvalue weighted by molar-refractivity contribution is -0.138. The number of amides is 1. The molecular weight excluding hydrogens is 264 g/mol. The highest BCUT2D eigenvalue weighted by atomic mass is 16.3. The van der Waals surface area contributed by atoms with E-state index in [0.717, 1.165) is 31.8 Å². The van der Waals surface area contributed by atoms with Crippen LogP contribution in [0.2, 0.25) is 0 Å². The minimum Gasteiger partial charge on any atom is -0.393 e. The molecule has 0 aromatic rings. The topological polar surface area (TPSA) is 52.6 Å². The van der Waals surface area contributed by atoms with E-state index >= 15 is 0 Å². The second-order valence-corrected chi connectivity index (χ2v) is 7.27. The molecule has 3 unspecified atom stereocenters. The van der Waals surface area contributed by atoms with Crippen LogP contribution < -0.4 is 5.32 Å². The maximum absolute atomic E-state index is 12.3. The van der Waals surface area contributed by atoms with Crippen molar-refractivity contribution in [3.63, 3.8) is 0 Å². The van der Waals surface area contributed by atoms with Crippen molar-refractivity contribution in [2.45, 2.75) is 65.0 Å². The summed E-state index contributed by atoms with van der Waals surface area (Å²) >= 11 is 0. The molecule has 4 heteroatoms. The highest BCUT2D eigenvalue weighted by Gasteiger charge is 2.34. The molecule has 1 saturated heterocycles. The highest BCUT2D eigenvalue weighted by molar-refractivity contribution is 5.78. The second-order valence-electron chi connectivity index (χ2n) is 7.27. The molecule has 2 N–H and O–H groups in total. The Morgan fingerprint density at radius 1 is 1.33 bits per heavy atom. The van der Waals surface area contributed by atoms with Gasteiger partial charge in [-0.1, -0.05) is 27.2 Å². The number of carbonyl (C=O) groups is 1. The van der Waals surface area contributed by atoms with Crippen LogP contribution >= 0.6 is 0 Å². The lowest BCUT2D eigenvalue weighted by atomic mass is 9.84. The molecule has 0 spiro atoms. The van der Waals surface area contributed by atoms with E-state index in [9.17, 15) is 9.90 Å². The van der Waals surface area contributed by atoms with Crippen LogP contribution in [-0.4, -0.2) is 47.7 Å². The van der Waals surface area contributed by atoms with Crippen molar-refractivity contribution in [3.8, 4) is 0 Å². The summed E-state index contributed by atoms with van der Waals surface area (Å²) in [5, 5.41) is 13.9. The number of carbonyl (C=O) groups excluding carboxylic acids is 1. The minimum atomic E-state index is -0.291. The van der Waals surface area contributed by atoms with Gasteiger partial charge < -0.3 is 15.3 Å². The molecule has 0 aromatic carbocycles. The van der Waals surface area contributed by atoms with Crippen LogP contribution in [-0.2, 0) is 4.79 Å². The Morgan fingerprint density at radius 2 is 2.05 bits per heavy atom. The molecule has 21 heavy (non-hydrogen) atoms. The maximum atomic E-state index is 12.3. The fraction of sp³-hybridized carbons (Fsp3) is 0.941. The van der Waals surface area contributed by atoms with E-state index in [1.54, 1.807) is 0 Å². The number of rotatable bonds is 6. The quantitative estimate of drug-likeness (QED) is 0.788. The molecule has 1 aliphatic heterocycles. The Bertz CT molecular complexity index is 342. The number of nitrogens with one attached hydrogen (secondary N) is 1.